The lowest BCUT2D eigenvalue weighted by Crippen LogP contribution is -2.42. The van der Waals surface area contributed by atoms with Crippen LogP contribution in [0.4, 0.5) is 5.95 Å². The van der Waals surface area contributed by atoms with Gasteiger partial charge in [0.15, 0.2) is 0 Å². The molecule has 4 aliphatic rings. The maximum atomic E-state index is 13.3. The molecule has 0 aliphatic heterocycles. The Morgan fingerprint density at radius 3 is 2.67 bits per heavy atom. The summed E-state index contributed by atoms with van der Waals surface area (Å²) >= 11 is 0. The molecule has 146 valence electrons. The lowest BCUT2D eigenvalue weighted by molar-refractivity contribution is 0.0905. The normalized spacial score (nSPS) is 35.2. The van der Waals surface area contributed by atoms with Gasteiger partial charge in [0.25, 0.3) is 5.91 Å². The highest BCUT2D eigenvalue weighted by molar-refractivity contribution is 5.95. The fraction of sp³-hybridized carbons (Fsp3) is 0.773. The lowest BCUT2D eigenvalue weighted by Gasteiger charge is -2.30. The van der Waals surface area contributed by atoms with Crippen LogP contribution in [0.15, 0.2) is 6.20 Å². The van der Waals surface area contributed by atoms with Crippen LogP contribution in [0.25, 0.3) is 0 Å². The molecule has 2 N–H and O–H groups in total. The first kappa shape index (κ1) is 17.4. The maximum absolute atomic E-state index is 13.3. The molecule has 5 atom stereocenters. The molecule has 0 radical (unpaired) electrons. The highest BCUT2D eigenvalue weighted by Gasteiger charge is 2.49. The lowest BCUT2D eigenvalue weighted by atomic mass is 9.79. The molecule has 3 bridgehead atoms. The molecule has 1 amide bonds. The van der Waals surface area contributed by atoms with Crippen molar-refractivity contribution in [1.29, 1.82) is 0 Å². The second-order valence-electron chi connectivity index (χ2n) is 9.41. The SMILES string of the molecule is CNc1ncc(C(=O)N[C@H]2C3CC4CCCC2C(C4)C3)c(C2CCCC2)n1. The standard InChI is InChI=1S/C22H32N4O/c1-23-22-24-12-18(19(26-22)14-6-2-3-7-14)21(27)25-20-16-10-13-5-4-8-17(20)15(9-13)11-16/h12-17,20H,2-11H2,1H3,(H,25,27)(H,23,24,26)/t13?,15?,16?,17?,20-/m0/s1. The number of amides is 1. The summed E-state index contributed by atoms with van der Waals surface area (Å²) in [7, 11) is 1.84. The van der Waals surface area contributed by atoms with Crippen LogP contribution >= 0.6 is 0 Å². The predicted octanol–water partition coefficient (Wildman–Crippen LogP) is 4.12. The third-order valence-electron chi connectivity index (χ3n) is 7.93. The fourth-order valence-corrected chi connectivity index (χ4v) is 6.77. The van der Waals surface area contributed by atoms with Gasteiger partial charge in [0.05, 0.1) is 11.3 Å². The van der Waals surface area contributed by atoms with E-state index in [9.17, 15) is 4.79 Å². The van der Waals surface area contributed by atoms with Gasteiger partial charge in [-0.15, -0.1) is 0 Å². The van der Waals surface area contributed by atoms with Crippen molar-refractivity contribution in [2.45, 2.75) is 76.2 Å². The summed E-state index contributed by atoms with van der Waals surface area (Å²) in [4.78, 5) is 22.4. The number of nitrogens with zero attached hydrogens (tertiary/aromatic N) is 2. The van der Waals surface area contributed by atoms with Crippen LogP contribution in [0.2, 0.25) is 0 Å². The van der Waals surface area contributed by atoms with E-state index in [0.29, 0.717) is 29.7 Å². The van der Waals surface area contributed by atoms with Crippen LogP contribution in [0.3, 0.4) is 0 Å². The summed E-state index contributed by atoms with van der Waals surface area (Å²) in [5.41, 5.74) is 1.68. The van der Waals surface area contributed by atoms with E-state index < -0.39 is 0 Å². The molecule has 4 fully saturated rings. The summed E-state index contributed by atoms with van der Waals surface area (Å²) in [6, 6.07) is 0.369. The molecule has 0 spiro atoms. The van der Waals surface area contributed by atoms with Gasteiger partial charge in [0.2, 0.25) is 5.95 Å². The topological polar surface area (TPSA) is 66.9 Å². The molecular weight excluding hydrogens is 336 g/mol. The zero-order chi connectivity index (χ0) is 18.4. The summed E-state index contributed by atoms with van der Waals surface area (Å²) < 4.78 is 0. The number of hydrogen-bond donors (Lipinski definition) is 2. The summed E-state index contributed by atoms with van der Waals surface area (Å²) in [5.74, 6) is 4.24. The van der Waals surface area contributed by atoms with Crippen molar-refractivity contribution in [1.82, 2.24) is 15.3 Å². The molecule has 0 aromatic carbocycles. The second-order valence-corrected chi connectivity index (χ2v) is 9.41. The molecular formula is C22H32N4O. The smallest absolute Gasteiger partial charge is 0.254 e. The highest BCUT2D eigenvalue weighted by Crippen LogP contribution is 2.53. The van der Waals surface area contributed by atoms with Gasteiger partial charge in [-0.3, -0.25) is 4.79 Å². The maximum Gasteiger partial charge on any atom is 0.254 e. The molecule has 4 aliphatic carbocycles. The minimum absolute atomic E-state index is 0.0687. The number of anilines is 1. The Hall–Kier alpha value is -1.65. The number of carbonyl (C=O) groups is 1. The van der Waals surface area contributed by atoms with Crippen molar-refractivity contribution in [2.24, 2.45) is 23.7 Å². The molecule has 1 heterocycles. The Kier molecular flexibility index (Phi) is 4.57. The Bertz CT molecular complexity index is 714. The molecule has 5 rings (SSSR count). The molecule has 1 aromatic heterocycles. The quantitative estimate of drug-likeness (QED) is 0.839. The van der Waals surface area contributed by atoms with E-state index in [2.05, 4.69) is 15.6 Å². The molecule has 27 heavy (non-hydrogen) atoms. The first-order valence-electron chi connectivity index (χ1n) is 11.1. The van der Waals surface area contributed by atoms with E-state index in [0.717, 1.165) is 35.9 Å². The summed E-state index contributed by atoms with van der Waals surface area (Å²) in [6.07, 6.45) is 14.6. The average Bonchev–Trinajstić information content (AvgIpc) is 3.26. The summed E-state index contributed by atoms with van der Waals surface area (Å²) in [5, 5.41) is 6.52. The third kappa shape index (κ3) is 3.13. The number of carbonyl (C=O) groups excluding carboxylic acids is 1. The van der Waals surface area contributed by atoms with Gasteiger partial charge in [0, 0.05) is 25.2 Å². The Morgan fingerprint density at radius 1 is 1.04 bits per heavy atom. The van der Waals surface area contributed by atoms with Crippen LogP contribution in [-0.2, 0) is 0 Å². The van der Waals surface area contributed by atoms with Gasteiger partial charge in [-0.2, -0.15) is 0 Å². The van der Waals surface area contributed by atoms with Gasteiger partial charge >= 0.3 is 0 Å². The van der Waals surface area contributed by atoms with E-state index in [4.69, 9.17) is 4.98 Å². The second kappa shape index (κ2) is 7.06. The van der Waals surface area contributed by atoms with Crippen molar-refractivity contribution >= 4 is 11.9 Å². The molecule has 4 saturated carbocycles. The van der Waals surface area contributed by atoms with E-state index in [1.807, 2.05) is 7.05 Å². The number of nitrogens with one attached hydrogen (secondary N) is 2. The van der Waals surface area contributed by atoms with Crippen molar-refractivity contribution < 1.29 is 4.79 Å². The van der Waals surface area contributed by atoms with Crippen molar-refractivity contribution in [3.05, 3.63) is 17.5 Å². The highest BCUT2D eigenvalue weighted by atomic mass is 16.1. The van der Waals surface area contributed by atoms with Crippen LogP contribution in [0, 0.1) is 23.7 Å². The van der Waals surface area contributed by atoms with Crippen LogP contribution in [0.5, 0.6) is 0 Å². The van der Waals surface area contributed by atoms with Crippen LogP contribution in [-0.4, -0.2) is 29.0 Å². The number of fused-ring (bicyclic) bond motifs is 2. The first-order valence-corrected chi connectivity index (χ1v) is 11.1. The van der Waals surface area contributed by atoms with E-state index in [1.54, 1.807) is 6.20 Å². The number of rotatable bonds is 4. The van der Waals surface area contributed by atoms with Crippen molar-refractivity contribution in [2.75, 3.05) is 12.4 Å². The summed E-state index contributed by atoms with van der Waals surface area (Å²) in [6.45, 7) is 0. The van der Waals surface area contributed by atoms with E-state index in [-0.39, 0.29) is 5.91 Å². The van der Waals surface area contributed by atoms with Gasteiger partial charge in [-0.05, 0) is 62.2 Å². The Balaban J connectivity index is 1.40. The van der Waals surface area contributed by atoms with E-state index in [1.165, 1.54) is 51.4 Å². The Morgan fingerprint density at radius 2 is 1.85 bits per heavy atom. The van der Waals surface area contributed by atoms with Gasteiger partial charge < -0.3 is 10.6 Å². The number of hydrogen-bond acceptors (Lipinski definition) is 4. The zero-order valence-corrected chi connectivity index (χ0v) is 16.4. The molecule has 4 unspecified atom stereocenters. The van der Waals surface area contributed by atoms with Gasteiger partial charge in [-0.25, -0.2) is 9.97 Å². The monoisotopic (exact) mass is 368 g/mol. The fourth-order valence-electron chi connectivity index (χ4n) is 6.77. The van der Waals surface area contributed by atoms with Crippen LogP contribution < -0.4 is 10.6 Å². The first-order chi connectivity index (χ1) is 13.2. The molecule has 5 heteroatoms. The zero-order valence-electron chi connectivity index (χ0n) is 16.4. The molecule has 0 saturated heterocycles. The average molecular weight is 369 g/mol. The largest absolute Gasteiger partial charge is 0.357 e. The third-order valence-corrected chi connectivity index (χ3v) is 7.93. The Labute approximate surface area is 162 Å². The van der Waals surface area contributed by atoms with Crippen LogP contribution in [0.1, 0.15) is 86.2 Å². The predicted molar refractivity (Wildman–Crippen MR) is 106 cm³/mol. The molecule has 1 aromatic rings. The molecule has 5 nitrogen and oxygen atoms in total. The van der Waals surface area contributed by atoms with Crippen molar-refractivity contribution in [3.63, 3.8) is 0 Å². The van der Waals surface area contributed by atoms with E-state index >= 15 is 0 Å². The van der Waals surface area contributed by atoms with Gasteiger partial charge in [0.1, 0.15) is 0 Å². The van der Waals surface area contributed by atoms with Crippen molar-refractivity contribution in [3.8, 4) is 0 Å². The van der Waals surface area contributed by atoms with Gasteiger partial charge in [-0.1, -0.05) is 25.7 Å². The minimum atomic E-state index is 0.0687. The minimum Gasteiger partial charge on any atom is -0.357 e. The number of aromatic nitrogens is 2.